The lowest BCUT2D eigenvalue weighted by Gasteiger charge is -2.34. The summed E-state index contributed by atoms with van der Waals surface area (Å²) in [4.78, 5) is 29.5. The molecule has 10 heteroatoms. The first-order valence-electron chi connectivity index (χ1n) is 15.3. The molecule has 0 heterocycles. The number of hydrogen-bond acceptors (Lipinski definition) is 5. The van der Waals surface area contributed by atoms with E-state index in [4.69, 9.17) is 4.74 Å². The number of amides is 2. The van der Waals surface area contributed by atoms with Gasteiger partial charge in [-0.05, 0) is 85.5 Å². The van der Waals surface area contributed by atoms with Crippen molar-refractivity contribution in [1.29, 1.82) is 0 Å². The van der Waals surface area contributed by atoms with Crippen molar-refractivity contribution in [2.24, 2.45) is 0 Å². The van der Waals surface area contributed by atoms with Gasteiger partial charge in [0.1, 0.15) is 24.2 Å². The first kappa shape index (κ1) is 34.2. The molecule has 2 amide bonds. The number of sulfonamides is 1. The molecule has 0 bridgehead atoms. The number of hydrogen-bond donors (Lipinski definition) is 1. The summed E-state index contributed by atoms with van der Waals surface area (Å²) in [7, 11) is -4.35. The Morgan fingerprint density at radius 1 is 0.870 bits per heavy atom. The molecule has 0 aliphatic heterocycles. The maximum Gasteiger partial charge on any atom is 0.264 e. The maximum absolute atomic E-state index is 14.5. The van der Waals surface area contributed by atoms with E-state index in [9.17, 15) is 22.4 Å². The van der Waals surface area contributed by atoms with Crippen molar-refractivity contribution in [3.05, 3.63) is 126 Å². The number of aryl methyl sites for hydroxylation is 1. The summed E-state index contributed by atoms with van der Waals surface area (Å²) >= 11 is 0. The molecule has 0 aliphatic carbocycles. The maximum atomic E-state index is 14.5. The summed E-state index contributed by atoms with van der Waals surface area (Å²) in [6.07, 6.45) is 0.929. The number of nitrogens with zero attached hydrogens (tertiary/aromatic N) is 2. The second-order valence-corrected chi connectivity index (χ2v) is 12.7. The molecule has 0 saturated carbocycles. The molecular weight excluding hydrogens is 605 g/mol. The van der Waals surface area contributed by atoms with Crippen molar-refractivity contribution in [2.45, 2.75) is 51.1 Å². The van der Waals surface area contributed by atoms with E-state index in [1.807, 2.05) is 75.4 Å². The Kier molecular flexibility index (Phi) is 11.9. The van der Waals surface area contributed by atoms with Crippen molar-refractivity contribution in [3.8, 4) is 5.75 Å². The van der Waals surface area contributed by atoms with Gasteiger partial charge in [-0.2, -0.15) is 0 Å². The Morgan fingerprint density at radius 3 is 2.15 bits per heavy atom. The van der Waals surface area contributed by atoms with E-state index in [1.165, 1.54) is 4.90 Å². The number of benzene rings is 4. The van der Waals surface area contributed by atoms with Gasteiger partial charge in [0.05, 0.1) is 17.2 Å². The van der Waals surface area contributed by atoms with Crippen LogP contribution in [0.25, 0.3) is 0 Å². The van der Waals surface area contributed by atoms with E-state index in [-0.39, 0.29) is 29.5 Å². The van der Waals surface area contributed by atoms with Gasteiger partial charge in [0.2, 0.25) is 11.8 Å². The predicted molar refractivity (Wildman–Crippen MR) is 178 cm³/mol. The molecule has 4 aromatic rings. The van der Waals surface area contributed by atoms with Gasteiger partial charge in [0.15, 0.2) is 0 Å². The van der Waals surface area contributed by atoms with E-state index in [1.54, 1.807) is 24.3 Å². The second-order valence-electron chi connectivity index (χ2n) is 10.8. The highest BCUT2D eigenvalue weighted by Gasteiger charge is 2.34. The summed E-state index contributed by atoms with van der Waals surface area (Å²) < 4.78 is 48.5. The Morgan fingerprint density at radius 2 is 1.52 bits per heavy atom. The molecule has 0 aliphatic rings. The molecule has 8 nitrogen and oxygen atoms in total. The largest absolute Gasteiger partial charge is 0.494 e. The van der Waals surface area contributed by atoms with Gasteiger partial charge in [-0.1, -0.05) is 61.5 Å². The highest BCUT2D eigenvalue weighted by atomic mass is 32.2. The third-order valence-electron chi connectivity index (χ3n) is 7.54. The molecule has 46 heavy (non-hydrogen) atoms. The van der Waals surface area contributed by atoms with Gasteiger partial charge in [-0.15, -0.1) is 0 Å². The van der Waals surface area contributed by atoms with Crippen LogP contribution in [0.15, 0.2) is 108 Å². The molecule has 1 N–H and O–H groups in total. The molecule has 242 valence electrons. The summed E-state index contributed by atoms with van der Waals surface area (Å²) in [5, 5.41) is 2.94. The molecule has 0 aromatic heterocycles. The third kappa shape index (κ3) is 8.72. The Hall–Kier alpha value is -4.70. The fraction of sp³-hybridized carbons (Fsp3) is 0.278. The van der Waals surface area contributed by atoms with Crippen molar-refractivity contribution in [1.82, 2.24) is 10.2 Å². The van der Waals surface area contributed by atoms with Gasteiger partial charge in [-0.25, -0.2) is 12.8 Å². The number of anilines is 1. The van der Waals surface area contributed by atoms with Crippen LogP contribution >= 0.6 is 0 Å². The molecule has 0 radical (unpaired) electrons. The number of nitrogens with one attached hydrogen (secondary N) is 1. The van der Waals surface area contributed by atoms with E-state index < -0.39 is 34.3 Å². The Balaban J connectivity index is 1.80. The number of rotatable bonds is 15. The molecule has 0 saturated heterocycles. The van der Waals surface area contributed by atoms with Crippen molar-refractivity contribution in [3.63, 3.8) is 0 Å². The van der Waals surface area contributed by atoms with Gasteiger partial charge < -0.3 is 15.0 Å². The van der Waals surface area contributed by atoms with Crippen molar-refractivity contribution in [2.75, 3.05) is 24.0 Å². The summed E-state index contributed by atoms with van der Waals surface area (Å²) in [5.41, 5.74) is 2.82. The smallest absolute Gasteiger partial charge is 0.264 e. The summed E-state index contributed by atoms with van der Waals surface area (Å²) in [5.74, 6) is -0.959. The highest BCUT2D eigenvalue weighted by Crippen LogP contribution is 2.27. The number of halogens is 1. The SMILES string of the molecule is CCCNC(=O)[C@H](Cc1ccccc1)N(Cc1ccccc1C)C(=O)CN(c1ccc(OCC)cc1)S(=O)(=O)c1ccc(F)cc1. The minimum absolute atomic E-state index is 0.0796. The van der Waals surface area contributed by atoms with Crippen LogP contribution in [0.3, 0.4) is 0 Å². The van der Waals surface area contributed by atoms with Crippen LogP contribution < -0.4 is 14.4 Å². The molecular formula is C36H40FN3O5S. The standard InChI is InChI=1S/C36H40FN3O5S/c1-4-23-38-36(42)34(24-28-12-7-6-8-13-28)39(25-29-14-10-9-11-27(29)3)35(41)26-40(31-17-19-32(20-18-31)45-5-2)46(43,44)33-21-15-30(37)16-22-33/h6-22,34H,4-5,23-26H2,1-3H3,(H,38,42)/t34-/m0/s1. The van der Waals surface area contributed by atoms with Crippen LogP contribution in [0.2, 0.25) is 0 Å². The lowest BCUT2D eigenvalue weighted by molar-refractivity contribution is -0.140. The summed E-state index contributed by atoms with van der Waals surface area (Å²) in [6.45, 7) is 6.02. The van der Waals surface area contributed by atoms with E-state index in [0.29, 0.717) is 25.3 Å². The van der Waals surface area contributed by atoms with Gasteiger partial charge in [0, 0.05) is 19.5 Å². The lowest BCUT2D eigenvalue weighted by Crippen LogP contribution is -2.53. The Labute approximate surface area is 270 Å². The van der Waals surface area contributed by atoms with Crippen molar-refractivity contribution < 1.29 is 27.1 Å². The van der Waals surface area contributed by atoms with Gasteiger partial charge >= 0.3 is 0 Å². The number of carbonyl (C=O) groups excluding carboxylic acids is 2. The fourth-order valence-corrected chi connectivity index (χ4v) is 6.44. The molecule has 4 aromatic carbocycles. The topological polar surface area (TPSA) is 96.0 Å². The molecule has 0 fully saturated rings. The van der Waals surface area contributed by atoms with Crippen LogP contribution in [0.4, 0.5) is 10.1 Å². The van der Waals surface area contributed by atoms with Crippen LogP contribution in [-0.2, 0) is 32.6 Å². The quantitative estimate of drug-likeness (QED) is 0.174. The molecule has 1 atom stereocenters. The zero-order valence-electron chi connectivity index (χ0n) is 26.4. The van der Waals surface area contributed by atoms with Crippen LogP contribution in [-0.4, -0.2) is 50.9 Å². The predicted octanol–water partition coefficient (Wildman–Crippen LogP) is 5.89. The lowest BCUT2D eigenvalue weighted by atomic mass is 10.0. The van der Waals surface area contributed by atoms with Crippen LogP contribution in [0, 0.1) is 12.7 Å². The fourth-order valence-electron chi connectivity index (χ4n) is 5.03. The first-order chi connectivity index (χ1) is 22.1. The van der Waals surface area contributed by atoms with E-state index in [0.717, 1.165) is 45.3 Å². The zero-order chi connectivity index (χ0) is 33.1. The van der Waals surface area contributed by atoms with Crippen LogP contribution in [0.1, 0.15) is 37.0 Å². The molecule has 0 spiro atoms. The minimum Gasteiger partial charge on any atom is -0.494 e. The normalized spacial score (nSPS) is 11.8. The van der Waals surface area contributed by atoms with E-state index >= 15 is 0 Å². The zero-order valence-corrected chi connectivity index (χ0v) is 27.2. The van der Waals surface area contributed by atoms with Gasteiger partial charge in [-0.3, -0.25) is 13.9 Å². The summed E-state index contributed by atoms with van der Waals surface area (Å²) in [6, 6.07) is 26.8. The molecule has 0 unspecified atom stereocenters. The number of carbonyl (C=O) groups is 2. The highest BCUT2D eigenvalue weighted by molar-refractivity contribution is 7.92. The van der Waals surface area contributed by atoms with Crippen LogP contribution in [0.5, 0.6) is 5.75 Å². The number of ether oxygens (including phenoxy) is 1. The molecule has 4 rings (SSSR count). The van der Waals surface area contributed by atoms with Gasteiger partial charge in [0.25, 0.3) is 10.0 Å². The third-order valence-corrected chi connectivity index (χ3v) is 9.33. The van der Waals surface area contributed by atoms with Crippen molar-refractivity contribution >= 4 is 27.5 Å². The Bertz CT molecular complexity index is 1700. The van der Waals surface area contributed by atoms with E-state index in [2.05, 4.69) is 5.32 Å². The first-order valence-corrected chi connectivity index (χ1v) is 16.7. The minimum atomic E-state index is -4.35. The monoisotopic (exact) mass is 645 g/mol. The average molecular weight is 646 g/mol. The average Bonchev–Trinajstić information content (AvgIpc) is 3.06. The second kappa shape index (κ2) is 16.0.